The normalized spacial score (nSPS) is 15.3. The predicted molar refractivity (Wildman–Crippen MR) is 111 cm³/mol. The summed E-state index contributed by atoms with van der Waals surface area (Å²) in [5.41, 5.74) is 0.525. The van der Waals surface area contributed by atoms with E-state index >= 15 is 0 Å². The molecule has 1 fully saturated rings. The molecule has 4 nitrogen and oxygen atoms in total. The Morgan fingerprint density at radius 2 is 1.93 bits per heavy atom. The molecular formula is C22H22BrF3N2O2. The number of nitrogens with one attached hydrogen (secondary N) is 1. The second-order valence-corrected chi connectivity index (χ2v) is 8.13. The molecule has 1 unspecified atom stereocenters. The fourth-order valence-corrected chi connectivity index (χ4v) is 3.98. The number of nitrogens with zero attached hydrogens (tertiary/aromatic N) is 1. The topological polar surface area (TPSA) is 49.4 Å². The first-order valence-corrected chi connectivity index (χ1v) is 10.5. The summed E-state index contributed by atoms with van der Waals surface area (Å²) in [5, 5.41) is 2.83. The maximum absolute atomic E-state index is 13.2. The molecule has 1 saturated heterocycles. The number of aryl methyl sites for hydroxylation is 1. The van der Waals surface area contributed by atoms with Crippen molar-refractivity contribution in [1.29, 1.82) is 0 Å². The van der Waals surface area contributed by atoms with Gasteiger partial charge < -0.3 is 10.2 Å². The third-order valence-corrected chi connectivity index (χ3v) is 5.88. The number of halogens is 4. The Hall–Kier alpha value is -2.35. The lowest BCUT2D eigenvalue weighted by Crippen LogP contribution is -2.38. The van der Waals surface area contributed by atoms with Crippen LogP contribution in [0.5, 0.6) is 0 Å². The molecule has 2 amide bonds. The van der Waals surface area contributed by atoms with Gasteiger partial charge in [-0.1, -0.05) is 46.3 Å². The Morgan fingerprint density at radius 1 is 1.17 bits per heavy atom. The number of hydrogen-bond acceptors (Lipinski definition) is 2. The summed E-state index contributed by atoms with van der Waals surface area (Å²) >= 11 is 3.44. The zero-order valence-electron chi connectivity index (χ0n) is 16.2. The highest BCUT2D eigenvalue weighted by atomic mass is 79.9. The Morgan fingerprint density at radius 3 is 2.60 bits per heavy atom. The molecule has 2 aromatic carbocycles. The van der Waals surface area contributed by atoms with E-state index in [-0.39, 0.29) is 24.8 Å². The van der Waals surface area contributed by atoms with Gasteiger partial charge in [-0.2, -0.15) is 13.2 Å². The minimum absolute atomic E-state index is 0.0468. The van der Waals surface area contributed by atoms with Crippen LogP contribution in [0.15, 0.2) is 53.0 Å². The van der Waals surface area contributed by atoms with Crippen LogP contribution < -0.4 is 5.32 Å². The van der Waals surface area contributed by atoms with Crippen LogP contribution in [0.3, 0.4) is 0 Å². The quantitative estimate of drug-likeness (QED) is 0.611. The minimum atomic E-state index is -4.48. The summed E-state index contributed by atoms with van der Waals surface area (Å²) in [6.45, 7) is 0.696. The first-order valence-electron chi connectivity index (χ1n) is 9.72. The molecule has 0 spiro atoms. The Bertz CT molecular complexity index is 917. The number of amides is 2. The average Bonchev–Trinajstić information content (AvgIpc) is 3.11. The lowest BCUT2D eigenvalue weighted by molar-refractivity contribution is -0.137. The maximum Gasteiger partial charge on any atom is 0.416 e. The third kappa shape index (κ3) is 5.84. The van der Waals surface area contributed by atoms with Crippen LogP contribution in [0.25, 0.3) is 0 Å². The minimum Gasteiger partial charge on any atom is -0.347 e. The number of rotatable bonds is 7. The standard InChI is InChI=1S/C22H22BrF3N2O2/c23-18-8-2-1-5-15(18)10-11-20(29)27-19(14-28-12-4-9-21(28)30)16-6-3-7-17(13-16)22(24,25)26/h1-3,5-8,13,19H,4,9-12,14H2,(H,27,29). The first kappa shape index (κ1) is 22.3. The van der Waals surface area contributed by atoms with Gasteiger partial charge in [0.15, 0.2) is 0 Å². The molecule has 160 valence electrons. The Balaban J connectivity index is 1.75. The zero-order chi connectivity index (χ0) is 21.7. The second kappa shape index (κ2) is 9.64. The van der Waals surface area contributed by atoms with Crippen LogP contribution in [0.1, 0.15) is 42.0 Å². The number of likely N-dealkylation sites (tertiary alicyclic amines) is 1. The molecule has 0 aliphatic carbocycles. The van der Waals surface area contributed by atoms with Crippen LogP contribution in [-0.2, 0) is 22.2 Å². The van der Waals surface area contributed by atoms with Gasteiger partial charge in [-0.25, -0.2) is 0 Å². The number of carbonyl (C=O) groups excluding carboxylic acids is 2. The monoisotopic (exact) mass is 482 g/mol. The van der Waals surface area contributed by atoms with Crippen molar-refractivity contribution in [3.05, 3.63) is 69.7 Å². The van der Waals surface area contributed by atoms with Crippen molar-refractivity contribution < 1.29 is 22.8 Å². The van der Waals surface area contributed by atoms with Crippen molar-refractivity contribution in [3.8, 4) is 0 Å². The van der Waals surface area contributed by atoms with E-state index in [9.17, 15) is 22.8 Å². The maximum atomic E-state index is 13.2. The average molecular weight is 483 g/mol. The van der Waals surface area contributed by atoms with E-state index in [0.717, 1.165) is 22.2 Å². The smallest absolute Gasteiger partial charge is 0.347 e. The molecule has 1 aliphatic rings. The second-order valence-electron chi connectivity index (χ2n) is 7.28. The van der Waals surface area contributed by atoms with Gasteiger partial charge >= 0.3 is 6.18 Å². The van der Waals surface area contributed by atoms with E-state index in [0.29, 0.717) is 31.4 Å². The van der Waals surface area contributed by atoms with E-state index in [1.807, 2.05) is 24.3 Å². The fourth-order valence-electron chi connectivity index (χ4n) is 3.50. The Kier molecular flexibility index (Phi) is 7.18. The molecule has 0 radical (unpaired) electrons. The highest BCUT2D eigenvalue weighted by molar-refractivity contribution is 9.10. The summed E-state index contributed by atoms with van der Waals surface area (Å²) in [6.07, 6.45) is -2.67. The molecule has 0 saturated carbocycles. The molecular weight excluding hydrogens is 461 g/mol. The van der Waals surface area contributed by atoms with E-state index in [1.54, 1.807) is 11.0 Å². The van der Waals surface area contributed by atoms with Gasteiger partial charge in [-0.15, -0.1) is 0 Å². The summed E-state index contributed by atoms with van der Waals surface area (Å²) in [4.78, 5) is 26.2. The summed E-state index contributed by atoms with van der Waals surface area (Å²) < 4.78 is 40.4. The van der Waals surface area contributed by atoms with Crippen LogP contribution in [-0.4, -0.2) is 29.8 Å². The summed E-state index contributed by atoms with van der Waals surface area (Å²) in [5.74, 6) is -0.325. The van der Waals surface area contributed by atoms with Crippen LogP contribution >= 0.6 is 15.9 Å². The molecule has 0 bridgehead atoms. The molecule has 3 rings (SSSR count). The molecule has 0 aromatic heterocycles. The summed E-state index contributed by atoms with van der Waals surface area (Å²) in [7, 11) is 0. The summed E-state index contributed by atoms with van der Waals surface area (Å²) in [6, 6.07) is 11.8. The van der Waals surface area contributed by atoms with Gasteiger partial charge in [-0.05, 0) is 42.2 Å². The van der Waals surface area contributed by atoms with Crippen molar-refractivity contribution in [2.45, 2.75) is 37.9 Å². The van der Waals surface area contributed by atoms with Gasteiger partial charge in [0.25, 0.3) is 0 Å². The predicted octanol–water partition coefficient (Wildman–Crippen LogP) is 4.88. The molecule has 1 heterocycles. The molecule has 1 N–H and O–H groups in total. The SMILES string of the molecule is O=C(CCc1ccccc1Br)NC(CN1CCCC1=O)c1cccc(C(F)(F)F)c1. The highest BCUT2D eigenvalue weighted by Crippen LogP contribution is 2.31. The van der Waals surface area contributed by atoms with Crippen molar-refractivity contribution in [1.82, 2.24) is 10.2 Å². The van der Waals surface area contributed by atoms with Crippen LogP contribution in [0, 0.1) is 0 Å². The van der Waals surface area contributed by atoms with E-state index in [1.165, 1.54) is 6.07 Å². The van der Waals surface area contributed by atoms with Gasteiger partial charge in [0, 0.05) is 30.4 Å². The highest BCUT2D eigenvalue weighted by Gasteiger charge is 2.32. The molecule has 1 atom stereocenters. The molecule has 30 heavy (non-hydrogen) atoms. The largest absolute Gasteiger partial charge is 0.416 e. The van der Waals surface area contributed by atoms with Gasteiger partial charge in [0.05, 0.1) is 11.6 Å². The zero-order valence-corrected chi connectivity index (χ0v) is 17.8. The van der Waals surface area contributed by atoms with Crippen molar-refractivity contribution >= 4 is 27.7 Å². The van der Waals surface area contributed by atoms with E-state index in [2.05, 4.69) is 21.2 Å². The molecule has 2 aromatic rings. The number of hydrogen-bond donors (Lipinski definition) is 1. The Labute approximate surface area is 181 Å². The van der Waals surface area contributed by atoms with Gasteiger partial charge in [0.1, 0.15) is 0 Å². The first-order chi connectivity index (χ1) is 14.2. The van der Waals surface area contributed by atoms with Crippen LogP contribution in [0.2, 0.25) is 0 Å². The third-order valence-electron chi connectivity index (χ3n) is 5.11. The molecule has 8 heteroatoms. The van der Waals surface area contributed by atoms with Crippen LogP contribution in [0.4, 0.5) is 13.2 Å². The van der Waals surface area contributed by atoms with Crippen molar-refractivity contribution in [3.63, 3.8) is 0 Å². The van der Waals surface area contributed by atoms with E-state index < -0.39 is 17.8 Å². The van der Waals surface area contributed by atoms with Gasteiger partial charge in [-0.3, -0.25) is 9.59 Å². The fraction of sp³-hybridized carbons (Fsp3) is 0.364. The van der Waals surface area contributed by atoms with E-state index in [4.69, 9.17) is 0 Å². The van der Waals surface area contributed by atoms with Crippen molar-refractivity contribution in [2.24, 2.45) is 0 Å². The van der Waals surface area contributed by atoms with Gasteiger partial charge in [0.2, 0.25) is 11.8 Å². The molecule has 1 aliphatic heterocycles. The number of carbonyl (C=O) groups is 2. The lowest BCUT2D eigenvalue weighted by Gasteiger charge is -2.26. The lowest BCUT2D eigenvalue weighted by atomic mass is 10.0. The number of alkyl halides is 3. The van der Waals surface area contributed by atoms with Crippen molar-refractivity contribution in [2.75, 3.05) is 13.1 Å². The number of benzene rings is 2.